The summed E-state index contributed by atoms with van der Waals surface area (Å²) < 4.78 is 10.8. The van der Waals surface area contributed by atoms with Gasteiger partial charge in [0.1, 0.15) is 5.75 Å². The fraction of sp³-hybridized carbons (Fsp3) is 0.211. The van der Waals surface area contributed by atoms with E-state index in [1.54, 1.807) is 37.3 Å². The van der Waals surface area contributed by atoms with Crippen LogP contribution in [-0.2, 0) is 4.79 Å². The number of carboxylic acids is 1. The Morgan fingerprint density at radius 1 is 1.22 bits per heavy atom. The van der Waals surface area contributed by atoms with Crippen LogP contribution in [-0.4, -0.2) is 41.0 Å². The fourth-order valence-electron chi connectivity index (χ4n) is 2.10. The van der Waals surface area contributed by atoms with Crippen LogP contribution in [0.2, 0.25) is 0 Å². The average molecular weight is 372 g/mol. The monoisotopic (exact) mass is 372 g/mol. The second-order valence-electron chi connectivity index (χ2n) is 5.45. The highest BCUT2D eigenvalue weighted by molar-refractivity contribution is 5.97. The molecule has 1 unspecified atom stereocenters. The van der Waals surface area contributed by atoms with Crippen molar-refractivity contribution in [2.45, 2.75) is 20.0 Å². The van der Waals surface area contributed by atoms with Crippen molar-refractivity contribution in [2.75, 3.05) is 6.61 Å². The first-order valence-electron chi connectivity index (χ1n) is 8.20. The summed E-state index contributed by atoms with van der Waals surface area (Å²) in [7, 11) is 0. The Hall–Kier alpha value is -3.55. The van der Waals surface area contributed by atoms with Gasteiger partial charge in [-0.05, 0) is 49.7 Å². The van der Waals surface area contributed by atoms with Crippen LogP contribution in [0, 0.1) is 0 Å². The molecule has 0 spiro atoms. The van der Waals surface area contributed by atoms with Crippen molar-refractivity contribution in [3.05, 3.63) is 53.6 Å². The number of benzene rings is 2. The Bertz CT molecular complexity index is 850. The molecule has 0 aliphatic heterocycles. The van der Waals surface area contributed by atoms with Crippen LogP contribution in [0.3, 0.4) is 0 Å². The lowest BCUT2D eigenvalue weighted by Crippen LogP contribution is -2.23. The van der Waals surface area contributed by atoms with E-state index in [1.165, 1.54) is 25.3 Å². The van der Waals surface area contributed by atoms with E-state index in [0.29, 0.717) is 23.7 Å². The van der Waals surface area contributed by atoms with Gasteiger partial charge in [-0.3, -0.25) is 4.79 Å². The molecule has 0 radical (unpaired) electrons. The molecule has 1 atom stereocenters. The van der Waals surface area contributed by atoms with E-state index in [1.807, 2.05) is 0 Å². The van der Waals surface area contributed by atoms with Crippen molar-refractivity contribution in [1.82, 2.24) is 5.43 Å². The minimum Gasteiger partial charge on any atom is -0.507 e. The number of aromatic hydroxyl groups is 1. The topological polar surface area (TPSA) is 117 Å². The maximum Gasteiger partial charge on any atom is 0.344 e. The summed E-state index contributed by atoms with van der Waals surface area (Å²) in [5.41, 5.74) is 3.03. The summed E-state index contributed by atoms with van der Waals surface area (Å²) >= 11 is 0. The first-order chi connectivity index (χ1) is 12.9. The van der Waals surface area contributed by atoms with Crippen molar-refractivity contribution in [1.29, 1.82) is 0 Å². The van der Waals surface area contributed by atoms with E-state index in [2.05, 4.69) is 10.5 Å². The molecule has 0 aliphatic carbocycles. The Morgan fingerprint density at radius 2 is 1.96 bits per heavy atom. The van der Waals surface area contributed by atoms with Crippen molar-refractivity contribution in [3.63, 3.8) is 0 Å². The van der Waals surface area contributed by atoms with E-state index in [9.17, 15) is 14.7 Å². The van der Waals surface area contributed by atoms with Gasteiger partial charge in [0.05, 0.1) is 18.4 Å². The van der Waals surface area contributed by atoms with Gasteiger partial charge in [0.2, 0.25) is 0 Å². The molecule has 0 bridgehead atoms. The van der Waals surface area contributed by atoms with E-state index in [0.717, 1.165) is 0 Å². The van der Waals surface area contributed by atoms with Crippen LogP contribution in [0.4, 0.5) is 0 Å². The minimum atomic E-state index is -1.09. The molecule has 0 saturated heterocycles. The number of amides is 1. The fourth-order valence-corrected chi connectivity index (χ4v) is 2.10. The molecule has 0 aromatic heterocycles. The number of carbonyl (C=O) groups is 2. The highest BCUT2D eigenvalue weighted by atomic mass is 16.5. The molecule has 2 aromatic rings. The summed E-state index contributed by atoms with van der Waals surface area (Å²) in [4.78, 5) is 22.9. The molecule has 0 saturated carbocycles. The predicted octanol–water partition coefficient (Wildman–Crippen LogP) is 2.41. The zero-order valence-corrected chi connectivity index (χ0v) is 14.9. The molecule has 8 heteroatoms. The third kappa shape index (κ3) is 5.46. The highest BCUT2D eigenvalue weighted by Crippen LogP contribution is 2.29. The van der Waals surface area contributed by atoms with Gasteiger partial charge in [-0.1, -0.05) is 12.1 Å². The maximum absolute atomic E-state index is 12.0. The Kier molecular flexibility index (Phi) is 6.76. The van der Waals surface area contributed by atoms with E-state index >= 15 is 0 Å². The molecule has 0 fully saturated rings. The number of nitrogens with zero attached hydrogens (tertiary/aromatic N) is 1. The van der Waals surface area contributed by atoms with Gasteiger partial charge in [0, 0.05) is 0 Å². The summed E-state index contributed by atoms with van der Waals surface area (Å²) in [6, 6.07) is 10.9. The summed E-state index contributed by atoms with van der Waals surface area (Å²) in [6.07, 6.45) is 0.367. The predicted molar refractivity (Wildman–Crippen MR) is 98.5 cm³/mol. The number of carbonyl (C=O) groups excluding carboxylic acids is 1. The number of rotatable bonds is 8. The largest absolute Gasteiger partial charge is 0.507 e. The van der Waals surface area contributed by atoms with E-state index in [-0.39, 0.29) is 11.3 Å². The summed E-state index contributed by atoms with van der Waals surface area (Å²) in [5.74, 6) is -1.12. The lowest BCUT2D eigenvalue weighted by atomic mass is 10.2. The molecule has 1 amide bonds. The van der Waals surface area contributed by atoms with Gasteiger partial charge in [0.25, 0.3) is 5.91 Å². The number of hydrazone groups is 1. The second kappa shape index (κ2) is 9.23. The Labute approximate surface area is 156 Å². The van der Waals surface area contributed by atoms with E-state index in [4.69, 9.17) is 14.6 Å². The zero-order valence-electron chi connectivity index (χ0n) is 14.9. The average Bonchev–Trinajstić information content (AvgIpc) is 2.64. The number of aliphatic carboxylic acids is 1. The van der Waals surface area contributed by atoms with Gasteiger partial charge >= 0.3 is 5.97 Å². The molecule has 0 heterocycles. The Morgan fingerprint density at radius 3 is 2.63 bits per heavy atom. The molecule has 2 rings (SSSR count). The molecular weight excluding hydrogens is 352 g/mol. The first-order valence-corrected chi connectivity index (χ1v) is 8.20. The lowest BCUT2D eigenvalue weighted by molar-refractivity contribution is -0.144. The number of hydrogen-bond acceptors (Lipinski definition) is 6. The SMILES string of the molecule is CCOc1cc(/C=N/NC(=O)c2ccccc2O)ccc1OC(C)C(=O)O. The summed E-state index contributed by atoms with van der Waals surface area (Å²) in [5, 5.41) is 22.5. The molecular formula is C19H20N2O6. The quantitative estimate of drug-likeness (QED) is 0.484. The molecule has 27 heavy (non-hydrogen) atoms. The van der Waals surface area contributed by atoms with Gasteiger partial charge in [-0.15, -0.1) is 0 Å². The number of hydrogen-bond donors (Lipinski definition) is 3. The number of ether oxygens (including phenoxy) is 2. The normalized spacial score (nSPS) is 11.8. The second-order valence-corrected chi connectivity index (χ2v) is 5.45. The minimum absolute atomic E-state index is 0.107. The number of phenolic OH excluding ortho intramolecular Hbond substituents is 1. The molecule has 0 aliphatic rings. The first kappa shape index (κ1) is 19.8. The van der Waals surface area contributed by atoms with Gasteiger partial charge in [-0.25, -0.2) is 10.2 Å². The zero-order chi connectivity index (χ0) is 19.8. The van der Waals surface area contributed by atoms with E-state index < -0.39 is 18.0 Å². The number of nitrogens with one attached hydrogen (secondary N) is 1. The number of carboxylic acid groups (broad SMARTS) is 1. The van der Waals surface area contributed by atoms with Crippen molar-refractivity contribution in [2.24, 2.45) is 5.10 Å². The van der Waals surface area contributed by atoms with Crippen molar-refractivity contribution >= 4 is 18.1 Å². The lowest BCUT2D eigenvalue weighted by Gasteiger charge is -2.15. The standard InChI is InChI=1S/C19H20N2O6/c1-3-26-17-10-13(8-9-16(17)27-12(2)19(24)25)11-20-21-18(23)14-6-4-5-7-15(14)22/h4-12,22H,3H2,1-2H3,(H,21,23)(H,24,25)/b20-11+. The third-order valence-electron chi connectivity index (χ3n) is 3.45. The van der Waals surface area contributed by atoms with Crippen LogP contribution >= 0.6 is 0 Å². The van der Waals surface area contributed by atoms with Crippen LogP contribution in [0.15, 0.2) is 47.6 Å². The maximum atomic E-state index is 12.0. The van der Waals surface area contributed by atoms with Crippen LogP contribution < -0.4 is 14.9 Å². The molecule has 2 aromatic carbocycles. The van der Waals surface area contributed by atoms with Crippen LogP contribution in [0.5, 0.6) is 17.2 Å². The summed E-state index contributed by atoms with van der Waals surface area (Å²) in [6.45, 7) is 3.57. The van der Waals surface area contributed by atoms with Gasteiger partial charge < -0.3 is 19.7 Å². The Balaban J connectivity index is 2.10. The van der Waals surface area contributed by atoms with Gasteiger partial charge in [0.15, 0.2) is 17.6 Å². The highest BCUT2D eigenvalue weighted by Gasteiger charge is 2.16. The third-order valence-corrected chi connectivity index (χ3v) is 3.45. The van der Waals surface area contributed by atoms with Crippen molar-refractivity contribution < 1.29 is 29.3 Å². The molecule has 142 valence electrons. The van der Waals surface area contributed by atoms with Crippen LogP contribution in [0.25, 0.3) is 0 Å². The van der Waals surface area contributed by atoms with Gasteiger partial charge in [-0.2, -0.15) is 5.10 Å². The molecule has 3 N–H and O–H groups in total. The van der Waals surface area contributed by atoms with Crippen LogP contribution in [0.1, 0.15) is 29.8 Å². The number of para-hydroxylation sites is 1. The van der Waals surface area contributed by atoms with Crippen molar-refractivity contribution in [3.8, 4) is 17.2 Å². The molecule has 8 nitrogen and oxygen atoms in total. The smallest absolute Gasteiger partial charge is 0.344 e. The number of phenols is 1.